The molecule has 0 aliphatic heterocycles. The monoisotopic (exact) mass is 999 g/mol. The number of rotatable bonds is 6. The summed E-state index contributed by atoms with van der Waals surface area (Å²) in [5.41, 5.74) is 9.98. The van der Waals surface area contributed by atoms with Crippen LogP contribution in [0.15, 0.2) is 144 Å². The Hall–Kier alpha value is -5.39. The number of pyridine rings is 1. The Morgan fingerprint density at radius 2 is 1.51 bits per heavy atom. The number of hydrogen-bond acceptors (Lipinski definition) is 3. The molecule has 3 heterocycles. The first-order valence-electron chi connectivity index (χ1n) is 23.1. The van der Waals surface area contributed by atoms with Crippen molar-refractivity contribution in [3.63, 3.8) is 0 Å². The van der Waals surface area contributed by atoms with E-state index in [4.69, 9.17) is 16.3 Å². The quantitative estimate of drug-likeness (QED) is 0.123. The van der Waals surface area contributed by atoms with Crippen LogP contribution in [0.4, 0.5) is 0 Å². The fourth-order valence-corrected chi connectivity index (χ4v) is 9.50. The van der Waals surface area contributed by atoms with E-state index in [0.29, 0.717) is 11.3 Å². The van der Waals surface area contributed by atoms with Crippen molar-refractivity contribution in [1.29, 1.82) is 0 Å². The molecule has 0 unspecified atom stereocenters. The van der Waals surface area contributed by atoms with Gasteiger partial charge in [-0.3, -0.25) is 4.98 Å². The minimum atomic E-state index is -2.42. The van der Waals surface area contributed by atoms with Gasteiger partial charge in [0.15, 0.2) is 0 Å². The van der Waals surface area contributed by atoms with E-state index in [1.807, 2.05) is 30.3 Å². The Balaban J connectivity index is 0.000000230. The summed E-state index contributed by atoms with van der Waals surface area (Å²) in [5, 5.41) is 3.64. The van der Waals surface area contributed by atoms with E-state index in [-0.39, 0.29) is 36.6 Å². The number of fused-ring (bicyclic) bond motifs is 4. The van der Waals surface area contributed by atoms with E-state index in [1.54, 1.807) is 32.9 Å². The van der Waals surface area contributed by atoms with Gasteiger partial charge >= 0.3 is 0 Å². The zero-order valence-electron chi connectivity index (χ0n) is 41.4. The number of benzene rings is 6. The van der Waals surface area contributed by atoms with Crippen LogP contribution in [0.2, 0.25) is 19.6 Å². The fraction of sp³-hybridized carbons (Fsp3) is 0.236. The summed E-state index contributed by atoms with van der Waals surface area (Å²) in [6, 6.07) is 51.9. The molecule has 0 aliphatic carbocycles. The third kappa shape index (κ3) is 9.14. The van der Waals surface area contributed by atoms with Gasteiger partial charge in [0.25, 0.3) is 0 Å². The number of imidazole rings is 1. The molecule has 0 atom stereocenters. The molecule has 0 bridgehead atoms. The summed E-state index contributed by atoms with van der Waals surface area (Å²) in [4.78, 5) is 9.40. The van der Waals surface area contributed by atoms with E-state index in [1.165, 1.54) is 28.1 Å². The maximum absolute atomic E-state index is 8.48. The summed E-state index contributed by atoms with van der Waals surface area (Å²) in [6.07, 6.45) is -0.550. The Morgan fingerprint density at radius 3 is 2.25 bits per heavy atom. The molecule has 3 aromatic heterocycles. The first-order valence-corrected chi connectivity index (χ1v) is 24.1. The molecule has 61 heavy (non-hydrogen) atoms. The Morgan fingerprint density at radius 1 is 0.770 bits per heavy atom. The molecule has 4 nitrogen and oxygen atoms in total. The van der Waals surface area contributed by atoms with E-state index in [2.05, 4.69) is 153 Å². The average Bonchev–Trinajstić information content (AvgIpc) is 3.84. The second-order valence-electron chi connectivity index (χ2n) is 18.5. The molecule has 6 aromatic carbocycles. The maximum Gasteiger partial charge on any atom is 0.121 e. The van der Waals surface area contributed by atoms with Gasteiger partial charge in [0.2, 0.25) is 0 Å². The first kappa shape index (κ1) is 37.4. The van der Waals surface area contributed by atoms with Gasteiger partial charge in [-0.05, 0) is 76.3 Å². The van der Waals surface area contributed by atoms with Crippen molar-refractivity contribution in [2.75, 3.05) is 0 Å². The van der Waals surface area contributed by atoms with Gasteiger partial charge in [-0.25, -0.2) is 0 Å². The smallest absolute Gasteiger partial charge is 0.121 e. The molecule has 311 valence electrons. The van der Waals surface area contributed by atoms with Crippen LogP contribution in [0.3, 0.4) is 0 Å². The molecule has 9 rings (SSSR count). The molecule has 0 amide bonds. The van der Waals surface area contributed by atoms with Gasteiger partial charge in [0, 0.05) is 44.2 Å². The molecule has 6 heteroatoms. The summed E-state index contributed by atoms with van der Waals surface area (Å²) in [6.45, 7) is 16.8. The third-order valence-corrected chi connectivity index (χ3v) is 12.7. The maximum atomic E-state index is 8.48. The predicted molar refractivity (Wildman–Crippen MR) is 256 cm³/mol. The molecular formula is C55H55IrN3OSi-2. The van der Waals surface area contributed by atoms with Crippen molar-refractivity contribution < 1.29 is 31.4 Å². The van der Waals surface area contributed by atoms with Crippen LogP contribution in [0.1, 0.15) is 65.1 Å². The van der Waals surface area contributed by atoms with Gasteiger partial charge < -0.3 is 14.0 Å². The SMILES string of the molecule is CC(C)(C)c1ccccc1-n1c(-c2[c-]ccc3c2oc2cc(-c4ccccc4[Si](C)(C)C)ccc23)nc2ccccc21.[2H]C([2H])([2H])c1cnc(-c2[c-]cccc2)cc1C([2H])([2H])C(C)(C)C.[Ir]. The number of furan rings is 1. The molecular weight excluding hydrogens is 939 g/mol. The summed E-state index contributed by atoms with van der Waals surface area (Å²) in [7, 11) is -1.53. The zero-order valence-corrected chi connectivity index (χ0v) is 39.8. The standard InChI is InChI=1S/C38H35N2OSi.C17H20N.Ir/c1-38(2,3)30-17-8-10-19-32(30)40-33-20-11-9-18-31(33)39-37(40)29-16-13-15-28-27-23-22-25(24-34(27)41-36(28)29)26-14-7-12-21-35(26)42(4,5)6;1-13-12-18-16(14-8-6-5-7-9-14)10-15(13)11-17(2,3)4;/h7-15,17-24H,1-6H3;5-8,10,12H,11H2,1-4H3;/q2*-1;/i;1D3,11D2;. The summed E-state index contributed by atoms with van der Waals surface area (Å²) >= 11 is 0. The van der Waals surface area contributed by atoms with Crippen LogP contribution in [0.5, 0.6) is 0 Å². The van der Waals surface area contributed by atoms with Gasteiger partial charge in [0.1, 0.15) is 5.58 Å². The van der Waals surface area contributed by atoms with Crippen LogP contribution in [0, 0.1) is 24.4 Å². The predicted octanol–water partition coefficient (Wildman–Crippen LogP) is 14.3. The zero-order chi connectivity index (χ0) is 46.7. The van der Waals surface area contributed by atoms with Crippen molar-refractivity contribution in [3.8, 4) is 39.5 Å². The number of aromatic nitrogens is 3. The third-order valence-electron chi connectivity index (χ3n) is 10.6. The molecule has 9 aromatic rings. The van der Waals surface area contributed by atoms with E-state index in [0.717, 1.165) is 50.0 Å². The Kier molecular flexibility index (Phi) is 10.5. The molecule has 0 saturated heterocycles. The average molecular weight is 999 g/mol. The fourth-order valence-electron chi connectivity index (χ4n) is 7.87. The summed E-state index contributed by atoms with van der Waals surface area (Å²) in [5.74, 6) is 0.835. The number of nitrogens with zero attached hydrogens (tertiary/aromatic N) is 3. The van der Waals surface area contributed by atoms with Gasteiger partial charge in [-0.1, -0.05) is 156 Å². The van der Waals surface area contributed by atoms with Crippen LogP contribution in [-0.4, -0.2) is 22.6 Å². The topological polar surface area (TPSA) is 43.9 Å². The Labute approximate surface area is 383 Å². The number of hydrogen-bond donors (Lipinski definition) is 0. The molecule has 0 fully saturated rings. The van der Waals surface area contributed by atoms with Crippen molar-refractivity contribution in [3.05, 3.63) is 168 Å². The van der Waals surface area contributed by atoms with Crippen molar-refractivity contribution in [1.82, 2.24) is 14.5 Å². The van der Waals surface area contributed by atoms with Crippen LogP contribution < -0.4 is 5.19 Å². The molecule has 0 spiro atoms. The molecule has 1 radical (unpaired) electrons. The van der Waals surface area contributed by atoms with Gasteiger partial charge in [0.05, 0.1) is 30.5 Å². The first-order chi connectivity index (χ1) is 30.6. The largest absolute Gasteiger partial charge is 0.501 e. The van der Waals surface area contributed by atoms with Crippen LogP contribution >= 0.6 is 0 Å². The molecule has 0 saturated carbocycles. The summed E-state index contributed by atoms with van der Waals surface area (Å²) < 4.78 is 49.0. The Bertz CT molecular complexity index is 3190. The van der Waals surface area contributed by atoms with Gasteiger partial charge in [-0.2, -0.15) is 0 Å². The second kappa shape index (κ2) is 17.2. The minimum absolute atomic E-state index is 0. The van der Waals surface area contributed by atoms with Crippen molar-refractivity contribution in [2.45, 2.75) is 79.8 Å². The second-order valence-corrected chi connectivity index (χ2v) is 23.5. The van der Waals surface area contributed by atoms with Crippen LogP contribution in [-0.2, 0) is 31.9 Å². The van der Waals surface area contributed by atoms with Crippen LogP contribution in [0.25, 0.3) is 72.4 Å². The number of para-hydroxylation sites is 3. The number of aryl methyl sites for hydroxylation is 1. The molecule has 0 aliphatic rings. The van der Waals surface area contributed by atoms with E-state index < -0.39 is 26.7 Å². The van der Waals surface area contributed by atoms with E-state index in [9.17, 15) is 0 Å². The molecule has 0 N–H and O–H groups in total. The minimum Gasteiger partial charge on any atom is -0.501 e. The van der Waals surface area contributed by atoms with Gasteiger partial charge in [-0.15, -0.1) is 54.1 Å². The van der Waals surface area contributed by atoms with Crippen molar-refractivity contribution >= 4 is 46.2 Å². The van der Waals surface area contributed by atoms with E-state index >= 15 is 0 Å². The normalized spacial score (nSPS) is 13.7. The van der Waals surface area contributed by atoms with Crippen molar-refractivity contribution in [2.24, 2.45) is 5.41 Å².